The number of ether oxygens (including phenoxy) is 1. The van der Waals surface area contributed by atoms with E-state index in [4.69, 9.17) is 4.74 Å². The molecule has 0 amide bonds. The molecule has 0 bridgehead atoms. The molecular weight excluding hydrogens is 210 g/mol. The summed E-state index contributed by atoms with van der Waals surface area (Å²) in [6.07, 6.45) is 2.19. The average molecular weight is 235 g/mol. The van der Waals surface area contributed by atoms with Crippen LogP contribution in [-0.2, 0) is 0 Å². The first-order chi connectivity index (χ1) is 8.03. The van der Waals surface area contributed by atoms with Crippen LogP contribution >= 0.6 is 0 Å². The highest BCUT2D eigenvalue weighted by molar-refractivity contribution is 5.56. The zero-order chi connectivity index (χ0) is 12.7. The topological polar surface area (TPSA) is 21.3 Å². The predicted octanol–water partition coefficient (Wildman–Crippen LogP) is 4.32. The Labute approximate surface area is 105 Å². The second-order valence-electron chi connectivity index (χ2n) is 5.58. The molecule has 0 aliphatic carbocycles. The van der Waals surface area contributed by atoms with Gasteiger partial charge in [0.05, 0.1) is 12.3 Å². The van der Waals surface area contributed by atoms with Crippen molar-refractivity contribution in [1.82, 2.24) is 0 Å². The molecule has 17 heavy (non-hydrogen) atoms. The summed E-state index contributed by atoms with van der Waals surface area (Å²) in [5.41, 5.74) is 1.47. The number of nitrogens with one attached hydrogen (secondary N) is 1. The Bertz CT molecular complexity index is 328. The second kappa shape index (κ2) is 6.53. The molecule has 0 fully saturated rings. The van der Waals surface area contributed by atoms with Crippen LogP contribution in [0.5, 0.6) is 5.75 Å². The Morgan fingerprint density at radius 2 is 1.88 bits per heavy atom. The van der Waals surface area contributed by atoms with E-state index in [1.165, 1.54) is 0 Å². The number of rotatable bonds is 6. The lowest BCUT2D eigenvalue weighted by molar-refractivity contribution is 0.318. The predicted molar refractivity (Wildman–Crippen MR) is 74.8 cm³/mol. The van der Waals surface area contributed by atoms with Crippen LogP contribution in [0.2, 0.25) is 0 Å². The SMILES string of the molecule is CCCOc1ccccc1NCCC(C)(C)C. The van der Waals surface area contributed by atoms with Gasteiger partial charge in [0.25, 0.3) is 0 Å². The zero-order valence-electron chi connectivity index (χ0n) is 11.5. The van der Waals surface area contributed by atoms with Gasteiger partial charge in [-0.2, -0.15) is 0 Å². The van der Waals surface area contributed by atoms with E-state index < -0.39 is 0 Å². The van der Waals surface area contributed by atoms with Gasteiger partial charge in [-0.25, -0.2) is 0 Å². The molecule has 0 aliphatic rings. The summed E-state index contributed by atoms with van der Waals surface area (Å²) in [6, 6.07) is 8.15. The van der Waals surface area contributed by atoms with Crippen LogP contribution in [0.1, 0.15) is 40.5 Å². The van der Waals surface area contributed by atoms with Crippen LogP contribution in [0.3, 0.4) is 0 Å². The van der Waals surface area contributed by atoms with E-state index in [0.717, 1.165) is 37.4 Å². The van der Waals surface area contributed by atoms with Crippen LogP contribution in [0.25, 0.3) is 0 Å². The summed E-state index contributed by atoms with van der Waals surface area (Å²) in [6.45, 7) is 10.7. The number of hydrogen-bond donors (Lipinski definition) is 1. The van der Waals surface area contributed by atoms with E-state index in [0.29, 0.717) is 5.41 Å². The molecule has 0 spiro atoms. The number of benzene rings is 1. The van der Waals surface area contributed by atoms with Gasteiger partial charge in [0.2, 0.25) is 0 Å². The van der Waals surface area contributed by atoms with Crippen molar-refractivity contribution in [2.24, 2.45) is 5.41 Å². The molecule has 0 saturated carbocycles. The van der Waals surface area contributed by atoms with Gasteiger partial charge >= 0.3 is 0 Å². The lowest BCUT2D eigenvalue weighted by Crippen LogP contribution is -2.13. The van der Waals surface area contributed by atoms with E-state index in [2.05, 4.69) is 39.1 Å². The molecule has 0 aromatic heterocycles. The molecule has 1 rings (SSSR count). The molecule has 1 aromatic carbocycles. The van der Waals surface area contributed by atoms with Crippen molar-refractivity contribution in [1.29, 1.82) is 0 Å². The molecule has 96 valence electrons. The maximum atomic E-state index is 5.71. The minimum Gasteiger partial charge on any atom is -0.491 e. The highest BCUT2D eigenvalue weighted by Crippen LogP contribution is 2.25. The first kappa shape index (κ1) is 13.9. The quantitative estimate of drug-likeness (QED) is 0.792. The lowest BCUT2D eigenvalue weighted by Gasteiger charge is -2.19. The van der Waals surface area contributed by atoms with Gasteiger partial charge in [-0.05, 0) is 30.4 Å². The first-order valence-corrected chi connectivity index (χ1v) is 6.48. The first-order valence-electron chi connectivity index (χ1n) is 6.48. The summed E-state index contributed by atoms with van der Waals surface area (Å²) in [7, 11) is 0. The van der Waals surface area contributed by atoms with E-state index >= 15 is 0 Å². The van der Waals surface area contributed by atoms with Crippen molar-refractivity contribution in [3.8, 4) is 5.75 Å². The fourth-order valence-corrected chi connectivity index (χ4v) is 1.52. The standard InChI is InChI=1S/C15H25NO/c1-5-12-17-14-9-7-6-8-13(14)16-11-10-15(2,3)4/h6-9,16H,5,10-12H2,1-4H3. The maximum Gasteiger partial charge on any atom is 0.142 e. The molecule has 0 saturated heterocycles. The van der Waals surface area contributed by atoms with E-state index in [1.54, 1.807) is 0 Å². The maximum absolute atomic E-state index is 5.71. The smallest absolute Gasteiger partial charge is 0.142 e. The monoisotopic (exact) mass is 235 g/mol. The molecular formula is C15H25NO. The fraction of sp³-hybridized carbons (Fsp3) is 0.600. The third kappa shape index (κ3) is 5.62. The molecule has 2 nitrogen and oxygen atoms in total. The number of para-hydroxylation sites is 2. The Kier molecular flexibility index (Phi) is 5.33. The summed E-state index contributed by atoms with van der Waals surface area (Å²) < 4.78 is 5.71. The van der Waals surface area contributed by atoms with Gasteiger partial charge in [-0.15, -0.1) is 0 Å². The Hall–Kier alpha value is -1.18. The summed E-state index contributed by atoms with van der Waals surface area (Å²) in [5.74, 6) is 0.961. The molecule has 0 atom stereocenters. The van der Waals surface area contributed by atoms with Crippen LogP contribution < -0.4 is 10.1 Å². The van der Waals surface area contributed by atoms with Gasteiger partial charge in [0.1, 0.15) is 5.75 Å². The second-order valence-corrected chi connectivity index (χ2v) is 5.58. The van der Waals surface area contributed by atoms with Crippen LogP contribution in [0, 0.1) is 5.41 Å². The molecule has 0 radical (unpaired) electrons. The van der Waals surface area contributed by atoms with Crippen molar-refractivity contribution >= 4 is 5.69 Å². The summed E-state index contributed by atoms with van der Waals surface area (Å²) in [5, 5.41) is 3.45. The Morgan fingerprint density at radius 3 is 2.53 bits per heavy atom. The normalized spacial score (nSPS) is 11.3. The molecule has 1 N–H and O–H groups in total. The van der Waals surface area contributed by atoms with Gasteiger partial charge in [-0.3, -0.25) is 0 Å². The third-order valence-electron chi connectivity index (χ3n) is 2.54. The summed E-state index contributed by atoms with van der Waals surface area (Å²) in [4.78, 5) is 0. The average Bonchev–Trinajstić information content (AvgIpc) is 2.26. The largest absolute Gasteiger partial charge is 0.491 e. The van der Waals surface area contributed by atoms with Crippen molar-refractivity contribution in [3.05, 3.63) is 24.3 Å². The van der Waals surface area contributed by atoms with Crippen LogP contribution in [0.15, 0.2) is 24.3 Å². The summed E-state index contributed by atoms with van der Waals surface area (Å²) >= 11 is 0. The van der Waals surface area contributed by atoms with Crippen molar-refractivity contribution < 1.29 is 4.74 Å². The highest BCUT2D eigenvalue weighted by Gasteiger charge is 2.09. The molecule has 0 aliphatic heterocycles. The van der Waals surface area contributed by atoms with Crippen LogP contribution in [-0.4, -0.2) is 13.2 Å². The van der Waals surface area contributed by atoms with E-state index in [1.807, 2.05) is 18.2 Å². The lowest BCUT2D eigenvalue weighted by atomic mass is 9.92. The van der Waals surface area contributed by atoms with E-state index in [9.17, 15) is 0 Å². The number of anilines is 1. The minimum atomic E-state index is 0.367. The highest BCUT2D eigenvalue weighted by atomic mass is 16.5. The number of hydrogen-bond acceptors (Lipinski definition) is 2. The van der Waals surface area contributed by atoms with Gasteiger partial charge in [-0.1, -0.05) is 39.8 Å². The third-order valence-corrected chi connectivity index (χ3v) is 2.54. The van der Waals surface area contributed by atoms with Crippen molar-refractivity contribution in [2.75, 3.05) is 18.5 Å². The fourth-order valence-electron chi connectivity index (χ4n) is 1.52. The van der Waals surface area contributed by atoms with Crippen LogP contribution in [0.4, 0.5) is 5.69 Å². The van der Waals surface area contributed by atoms with Crippen molar-refractivity contribution in [3.63, 3.8) is 0 Å². The molecule has 0 unspecified atom stereocenters. The minimum absolute atomic E-state index is 0.367. The Morgan fingerprint density at radius 1 is 1.18 bits per heavy atom. The Balaban J connectivity index is 2.51. The van der Waals surface area contributed by atoms with Gasteiger partial charge in [0.15, 0.2) is 0 Å². The molecule has 0 heterocycles. The zero-order valence-corrected chi connectivity index (χ0v) is 11.5. The van der Waals surface area contributed by atoms with Gasteiger partial charge in [0, 0.05) is 6.54 Å². The molecule has 1 aromatic rings. The van der Waals surface area contributed by atoms with Gasteiger partial charge < -0.3 is 10.1 Å². The van der Waals surface area contributed by atoms with Crippen molar-refractivity contribution in [2.45, 2.75) is 40.5 Å². The molecule has 2 heteroatoms. The van der Waals surface area contributed by atoms with E-state index in [-0.39, 0.29) is 0 Å².